The van der Waals surface area contributed by atoms with Crippen LogP contribution >= 0.6 is 24.8 Å². The van der Waals surface area contributed by atoms with Gasteiger partial charge in [-0.25, -0.2) is 4.39 Å². The van der Waals surface area contributed by atoms with E-state index in [1.807, 2.05) is 0 Å². The van der Waals surface area contributed by atoms with Gasteiger partial charge in [-0.15, -0.1) is 24.8 Å². The first-order valence-electron chi connectivity index (χ1n) is 7.55. The lowest BCUT2D eigenvalue weighted by atomic mass is 9.76. The van der Waals surface area contributed by atoms with Gasteiger partial charge in [0, 0.05) is 49.9 Å². The lowest BCUT2D eigenvalue weighted by Crippen LogP contribution is -2.48. The fourth-order valence-corrected chi connectivity index (χ4v) is 3.34. The molecule has 0 bridgehead atoms. The number of hydrogen-bond acceptors (Lipinski definition) is 4. The molecular formula is C15H22Cl2FN3O2. The summed E-state index contributed by atoms with van der Waals surface area (Å²) in [7, 11) is 0. The molecule has 1 saturated heterocycles. The number of halogens is 3. The summed E-state index contributed by atoms with van der Waals surface area (Å²) in [5, 5.41) is 14.3. The molecule has 0 aromatic heterocycles. The molecule has 1 heterocycles. The van der Waals surface area contributed by atoms with E-state index in [0.29, 0.717) is 11.5 Å². The standard InChI is InChI=1S/C15H20FN3O2.2ClH/c16-14-5-4-12(19(20)21)10-13(14)15(11-2-1-3-11)18-8-6-17-7-9-18;;/h4-5,10-11,15,17H,1-3,6-9H2;2*1H/t15-;;/m1../s1. The predicted octanol–water partition coefficient (Wildman–Crippen LogP) is 3.32. The van der Waals surface area contributed by atoms with Crippen LogP contribution in [0.15, 0.2) is 18.2 Å². The quantitative estimate of drug-likeness (QED) is 0.656. The van der Waals surface area contributed by atoms with Crippen LogP contribution in [-0.4, -0.2) is 36.0 Å². The summed E-state index contributed by atoms with van der Waals surface area (Å²) >= 11 is 0. The highest BCUT2D eigenvalue weighted by Gasteiger charge is 2.35. The van der Waals surface area contributed by atoms with Crippen molar-refractivity contribution in [3.05, 3.63) is 39.7 Å². The van der Waals surface area contributed by atoms with E-state index in [-0.39, 0.29) is 42.4 Å². The van der Waals surface area contributed by atoms with E-state index in [0.717, 1.165) is 39.0 Å². The molecule has 0 radical (unpaired) electrons. The minimum absolute atomic E-state index is 0. The number of nitrogens with one attached hydrogen (secondary N) is 1. The lowest BCUT2D eigenvalue weighted by molar-refractivity contribution is -0.385. The monoisotopic (exact) mass is 365 g/mol. The van der Waals surface area contributed by atoms with E-state index in [2.05, 4.69) is 10.2 Å². The van der Waals surface area contributed by atoms with Crippen LogP contribution in [0.5, 0.6) is 0 Å². The van der Waals surface area contributed by atoms with Crippen molar-refractivity contribution in [1.29, 1.82) is 0 Å². The highest BCUT2D eigenvalue weighted by atomic mass is 35.5. The maximum Gasteiger partial charge on any atom is 0.269 e. The third-order valence-corrected chi connectivity index (χ3v) is 4.65. The van der Waals surface area contributed by atoms with Crippen LogP contribution < -0.4 is 5.32 Å². The number of rotatable bonds is 4. The third-order valence-electron chi connectivity index (χ3n) is 4.65. The van der Waals surface area contributed by atoms with Crippen molar-refractivity contribution in [1.82, 2.24) is 10.2 Å². The second-order valence-corrected chi connectivity index (χ2v) is 5.88. The summed E-state index contributed by atoms with van der Waals surface area (Å²) in [6.45, 7) is 3.51. The van der Waals surface area contributed by atoms with Gasteiger partial charge in [-0.3, -0.25) is 15.0 Å². The Morgan fingerprint density at radius 1 is 1.26 bits per heavy atom. The van der Waals surface area contributed by atoms with E-state index < -0.39 is 4.92 Å². The molecule has 2 aliphatic rings. The van der Waals surface area contributed by atoms with E-state index in [9.17, 15) is 14.5 Å². The Kier molecular flexibility index (Phi) is 7.67. The Hall–Kier alpha value is -0.950. The van der Waals surface area contributed by atoms with Crippen LogP contribution in [0.3, 0.4) is 0 Å². The second kappa shape index (κ2) is 8.78. The Balaban J connectivity index is 0.00000132. The van der Waals surface area contributed by atoms with Gasteiger partial charge >= 0.3 is 0 Å². The molecule has 1 aromatic carbocycles. The molecule has 23 heavy (non-hydrogen) atoms. The van der Waals surface area contributed by atoms with Gasteiger partial charge in [0.2, 0.25) is 0 Å². The van der Waals surface area contributed by atoms with E-state index in [1.54, 1.807) is 0 Å². The molecule has 1 saturated carbocycles. The van der Waals surface area contributed by atoms with Crippen molar-refractivity contribution < 1.29 is 9.31 Å². The van der Waals surface area contributed by atoms with Crippen LogP contribution in [0.25, 0.3) is 0 Å². The maximum absolute atomic E-state index is 14.3. The fraction of sp³-hybridized carbons (Fsp3) is 0.600. The predicted molar refractivity (Wildman–Crippen MR) is 92.1 cm³/mol. The van der Waals surface area contributed by atoms with Gasteiger partial charge in [-0.2, -0.15) is 0 Å². The van der Waals surface area contributed by atoms with E-state index in [4.69, 9.17) is 0 Å². The maximum atomic E-state index is 14.3. The van der Waals surface area contributed by atoms with Gasteiger partial charge in [-0.1, -0.05) is 6.42 Å². The van der Waals surface area contributed by atoms with Crippen LogP contribution in [0.2, 0.25) is 0 Å². The highest BCUT2D eigenvalue weighted by molar-refractivity contribution is 5.85. The Bertz CT molecular complexity index is 537. The number of nitro benzene ring substituents is 1. The van der Waals surface area contributed by atoms with Crippen molar-refractivity contribution >= 4 is 30.5 Å². The van der Waals surface area contributed by atoms with E-state index in [1.165, 1.54) is 24.6 Å². The smallest absolute Gasteiger partial charge is 0.269 e. The number of benzene rings is 1. The number of non-ortho nitro benzene ring substituents is 1. The SMILES string of the molecule is Cl.Cl.O=[N+]([O-])c1ccc(F)c([C@@H](C2CCC2)N2CCNCC2)c1. The Labute approximate surface area is 147 Å². The molecule has 1 aliphatic carbocycles. The molecule has 5 nitrogen and oxygen atoms in total. The van der Waals surface area contributed by atoms with E-state index >= 15 is 0 Å². The molecule has 1 aromatic rings. The molecule has 1 N–H and O–H groups in total. The highest BCUT2D eigenvalue weighted by Crippen LogP contribution is 2.42. The minimum atomic E-state index is -0.446. The van der Waals surface area contributed by atoms with Crippen molar-refractivity contribution in [3.63, 3.8) is 0 Å². The largest absolute Gasteiger partial charge is 0.314 e. The summed E-state index contributed by atoms with van der Waals surface area (Å²) in [6, 6.07) is 3.89. The average molecular weight is 366 g/mol. The van der Waals surface area contributed by atoms with Crippen LogP contribution in [0.1, 0.15) is 30.9 Å². The first-order valence-corrected chi connectivity index (χ1v) is 7.55. The van der Waals surface area contributed by atoms with Gasteiger partial charge in [0.05, 0.1) is 4.92 Å². The summed E-state index contributed by atoms with van der Waals surface area (Å²) in [5.74, 6) is 0.0932. The molecule has 0 unspecified atom stereocenters. The summed E-state index contributed by atoms with van der Waals surface area (Å²) in [6.07, 6.45) is 3.33. The third kappa shape index (κ3) is 4.32. The molecular weight excluding hydrogens is 344 g/mol. The minimum Gasteiger partial charge on any atom is -0.314 e. The number of nitro groups is 1. The van der Waals surface area contributed by atoms with Crippen LogP contribution in [0.4, 0.5) is 10.1 Å². The topological polar surface area (TPSA) is 58.4 Å². The normalized spacial score (nSPS) is 19.9. The van der Waals surface area contributed by atoms with Gasteiger partial charge in [0.1, 0.15) is 5.82 Å². The number of piperazine rings is 1. The zero-order chi connectivity index (χ0) is 14.8. The zero-order valence-electron chi connectivity index (χ0n) is 12.7. The van der Waals surface area contributed by atoms with Crippen molar-refractivity contribution in [2.24, 2.45) is 5.92 Å². The molecule has 0 amide bonds. The number of hydrogen-bond donors (Lipinski definition) is 1. The molecule has 2 fully saturated rings. The Morgan fingerprint density at radius 2 is 1.91 bits per heavy atom. The van der Waals surface area contributed by atoms with Crippen molar-refractivity contribution in [2.45, 2.75) is 25.3 Å². The Morgan fingerprint density at radius 3 is 2.43 bits per heavy atom. The fourth-order valence-electron chi connectivity index (χ4n) is 3.34. The molecule has 130 valence electrons. The van der Waals surface area contributed by atoms with Gasteiger partial charge in [0.25, 0.3) is 5.69 Å². The number of nitrogens with zero attached hydrogens (tertiary/aromatic N) is 2. The molecule has 1 atom stereocenters. The van der Waals surface area contributed by atoms with Gasteiger partial charge < -0.3 is 5.32 Å². The van der Waals surface area contributed by atoms with Crippen molar-refractivity contribution in [3.8, 4) is 0 Å². The van der Waals surface area contributed by atoms with Crippen molar-refractivity contribution in [2.75, 3.05) is 26.2 Å². The summed E-state index contributed by atoms with van der Waals surface area (Å²) in [5.41, 5.74) is 0.474. The first kappa shape index (κ1) is 20.1. The lowest BCUT2D eigenvalue weighted by Gasteiger charge is -2.43. The summed E-state index contributed by atoms with van der Waals surface area (Å²) in [4.78, 5) is 12.8. The zero-order valence-corrected chi connectivity index (χ0v) is 14.4. The van der Waals surface area contributed by atoms with Crippen LogP contribution in [-0.2, 0) is 0 Å². The molecule has 0 spiro atoms. The van der Waals surface area contributed by atoms with Gasteiger partial charge in [-0.05, 0) is 24.8 Å². The second-order valence-electron chi connectivity index (χ2n) is 5.88. The van der Waals surface area contributed by atoms with Gasteiger partial charge in [0.15, 0.2) is 0 Å². The van der Waals surface area contributed by atoms with Crippen LogP contribution in [0, 0.1) is 21.8 Å². The molecule has 1 aliphatic heterocycles. The summed E-state index contributed by atoms with van der Waals surface area (Å²) < 4.78 is 14.3. The average Bonchev–Trinajstić information content (AvgIpc) is 2.44. The molecule has 3 rings (SSSR count). The first-order chi connectivity index (χ1) is 10.2. The molecule has 8 heteroatoms.